The Hall–Kier alpha value is -1.60. The molecule has 2 rings (SSSR count). The van der Waals surface area contributed by atoms with E-state index in [1.165, 1.54) is 0 Å². The number of nitrogens with one attached hydrogen (secondary N) is 1. The van der Waals surface area contributed by atoms with Gasteiger partial charge >= 0.3 is 0 Å². The van der Waals surface area contributed by atoms with Crippen molar-refractivity contribution in [3.63, 3.8) is 0 Å². The SMILES string of the molecule is NNc1cc(N2CCCC(O)C2)nc(N)n1. The van der Waals surface area contributed by atoms with E-state index in [1.54, 1.807) is 6.07 Å². The van der Waals surface area contributed by atoms with Crippen LogP contribution in [0, 0.1) is 0 Å². The quantitative estimate of drug-likeness (QED) is 0.388. The first-order valence-electron chi connectivity index (χ1n) is 5.23. The third-order valence-electron chi connectivity index (χ3n) is 2.60. The van der Waals surface area contributed by atoms with Crippen LogP contribution in [0.5, 0.6) is 0 Å². The zero-order chi connectivity index (χ0) is 11.5. The minimum Gasteiger partial charge on any atom is -0.391 e. The Bertz CT molecular complexity index is 371. The second kappa shape index (κ2) is 4.50. The molecule has 1 fully saturated rings. The number of aliphatic hydroxyl groups is 1. The molecule has 6 N–H and O–H groups in total. The number of hydrazine groups is 1. The van der Waals surface area contributed by atoms with Crippen molar-refractivity contribution in [2.45, 2.75) is 18.9 Å². The number of rotatable bonds is 2. The lowest BCUT2D eigenvalue weighted by Gasteiger charge is -2.31. The van der Waals surface area contributed by atoms with Crippen LogP contribution < -0.4 is 21.9 Å². The molecule has 0 radical (unpaired) electrons. The lowest BCUT2D eigenvalue weighted by atomic mass is 10.1. The average Bonchev–Trinajstić information content (AvgIpc) is 2.28. The second-order valence-corrected chi connectivity index (χ2v) is 3.86. The Labute approximate surface area is 93.4 Å². The van der Waals surface area contributed by atoms with Gasteiger partial charge in [0.15, 0.2) is 0 Å². The summed E-state index contributed by atoms with van der Waals surface area (Å²) in [5.41, 5.74) is 8.01. The van der Waals surface area contributed by atoms with Crippen LogP contribution in [0.15, 0.2) is 6.07 Å². The third-order valence-corrected chi connectivity index (χ3v) is 2.60. The number of nitrogen functional groups attached to an aromatic ring is 2. The van der Waals surface area contributed by atoms with E-state index in [0.717, 1.165) is 19.4 Å². The van der Waals surface area contributed by atoms with Gasteiger partial charge in [-0.2, -0.15) is 9.97 Å². The monoisotopic (exact) mass is 224 g/mol. The van der Waals surface area contributed by atoms with Crippen molar-refractivity contribution in [3.05, 3.63) is 6.07 Å². The van der Waals surface area contributed by atoms with Gasteiger partial charge < -0.3 is 21.2 Å². The van der Waals surface area contributed by atoms with Crippen LogP contribution in [-0.4, -0.2) is 34.3 Å². The van der Waals surface area contributed by atoms with E-state index in [9.17, 15) is 5.11 Å². The minimum atomic E-state index is -0.306. The Morgan fingerprint density at radius 1 is 1.50 bits per heavy atom. The lowest BCUT2D eigenvalue weighted by molar-refractivity contribution is 0.154. The molecule has 0 spiro atoms. The maximum Gasteiger partial charge on any atom is 0.223 e. The summed E-state index contributed by atoms with van der Waals surface area (Å²) in [6.07, 6.45) is 1.47. The standard InChI is InChI=1S/C9H16N6O/c10-9-12-7(14-11)4-8(13-9)15-3-1-2-6(16)5-15/h4,6,16H,1-3,5,11H2,(H3,10,12,13,14). The summed E-state index contributed by atoms with van der Waals surface area (Å²) in [7, 11) is 0. The smallest absolute Gasteiger partial charge is 0.223 e. The first kappa shape index (κ1) is 10.9. The molecule has 1 aliphatic heterocycles. The molecule has 1 aromatic heterocycles. The van der Waals surface area contributed by atoms with E-state index >= 15 is 0 Å². The summed E-state index contributed by atoms with van der Waals surface area (Å²) in [5.74, 6) is 6.62. The average molecular weight is 224 g/mol. The molecule has 0 aromatic carbocycles. The summed E-state index contributed by atoms with van der Waals surface area (Å²) >= 11 is 0. The Kier molecular flexibility index (Phi) is 3.07. The van der Waals surface area contributed by atoms with Crippen molar-refractivity contribution < 1.29 is 5.11 Å². The summed E-state index contributed by atoms with van der Waals surface area (Å²) in [6.45, 7) is 1.43. The number of aliphatic hydroxyl groups excluding tert-OH is 1. The van der Waals surface area contributed by atoms with Gasteiger partial charge in [0, 0.05) is 19.2 Å². The number of aromatic nitrogens is 2. The molecular formula is C9H16N6O. The summed E-state index contributed by atoms with van der Waals surface area (Å²) in [4.78, 5) is 10.0. The molecule has 2 heterocycles. The first-order chi connectivity index (χ1) is 7.69. The Morgan fingerprint density at radius 3 is 3.00 bits per heavy atom. The molecule has 1 saturated heterocycles. The minimum absolute atomic E-state index is 0.172. The highest BCUT2D eigenvalue weighted by atomic mass is 16.3. The van der Waals surface area contributed by atoms with E-state index in [2.05, 4.69) is 15.4 Å². The highest BCUT2D eigenvalue weighted by Gasteiger charge is 2.19. The van der Waals surface area contributed by atoms with Gasteiger partial charge in [-0.3, -0.25) is 0 Å². The predicted molar refractivity (Wildman–Crippen MR) is 61.7 cm³/mol. The van der Waals surface area contributed by atoms with Gasteiger partial charge in [0.2, 0.25) is 5.95 Å². The van der Waals surface area contributed by atoms with Gasteiger partial charge in [-0.05, 0) is 12.8 Å². The van der Waals surface area contributed by atoms with E-state index < -0.39 is 0 Å². The highest BCUT2D eigenvalue weighted by molar-refractivity contribution is 5.52. The number of anilines is 3. The fourth-order valence-corrected chi connectivity index (χ4v) is 1.85. The third kappa shape index (κ3) is 2.31. The van der Waals surface area contributed by atoms with Gasteiger partial charge in [0.05, 0.1) is 6.10 Å². The van der Waals surface area contributed by atoms with Crippen molar-refractivity contribution in [1.29, 1.82) is 0 Å². The normalized spacial score (nSPS) is 20.9. The Morgan fingerprint density at radius 2 is 2.31 bits per heavy atom. The van der Waals surface area contributed by atoms with Gasteiger partial charge in [-0.1, -0.05) is 0 Å². The summed E-state index contributed by atoms with van der Waals surface area (Å²) in [5, 5.41) is 9.58. The fraction of sp³-hybridized carbons (Fsp3) is 0.556. The van der Waals surface area contributed by atoms with E-state index in [-0.39, 0.29) is 12.1 Å². The number of β-amino-alcohol motifs (C(OH)–C–C–N with tert-alkyl or cyclic N) is 1. The van der Waals surface area contributed by atoms with Crippen molar-refractivity contribution in [2.75, 3.05) is 29.1 Å². The van der Waals surface area contributed by atoms with Gasteiger partial charge in [-0.15, -0.1) is 0 Å². The van der Waals surface area contributed by atoms with Crippen LogP contribution in [-0.2, 0) is 0 Å². The molecule has 1 aliphatic rings. The maximum atomic E-state index is 9.58. The molecule has 0 saturated carbocycles. The van der Waals surface area contributed by atoms with E-state index in [4.69, 9.17) is 11.6 Å². The first-order valence-corrected chi connectivity index (χ1v) is 5.23. The number of nitrogens with two attached hydrogens (primary N) is 2. The highest BCUT2D eigenvalue weighted by Crippen LogP contribution is 2.20. The van der Waals surface area contributed by atoms with Gasteiger partial charge in [0.25, 0.3) is 0 Å². The summed E-state index contributed by atoms with van der Waals surface area (Å²) < 4.78 is 0. The molecule has 0 bridgehead atoms. The van der Waals surface area contributed by atoms with Crippen LogP contribution in [0.3, 0.4) is 0 Å². The molecule has 1 atom stereocenters. The van der Waals surface area contributed by atoms with E-state index in [1.807, 2.05) is 4.90 Å². The zero-order valence-electron chi connectivity index (χ0n) is 8.93. The maximum absolute atomic E-state index is 9.58. The number of hydrogen-bond acceptors (Lipinski definition) is 7. The molecule has 7 heteroatoms. The van der Waals surface area contributed by atoms with Crippen LogP contribution in [0.1, 0.15) is 12.8 Å². The molecule has 7 nitrogen and oxygen atoms in total. The largest absolute Gasteiger partial charge is 0.391 e. The van der Waals surface area contributed by atoms with Crippen molar-refractivity contribution in [3.8, 4) is 0 Å². The lowest BCUT2D eigenvalue weighted by Crippen LogP contribution is -2.38. The molecular weight excluding hydrogens is 208 g/mol. The number of nitrogens with zero attached hydrogens (tertiary/aromatic N) is 3. The predicted octanol–water partition coefficient (Wildman–Crippen LogP) is -0.695. The fourth-order valence-electron chi connectivity index (χ4n) is 1.85. The van der Waals surface area contributed by atoms with Crippen LogP contribution >= 0.6 is 0 Å². The van der Waals surface area contributed by atoms with Gasteiger partial charge in [-0.25, -0.2) is 5.84 Å². The molecule has 88 valence electrons. The molecule has 1 unspecified atom stereocenters. The topological polar surface area (TPSA) is 113 Å². The summed E-state index contributed by atoms with van der Waals surface area (Å²) in [6, 6.07) is 1.72. The molecule has 0 aliphatic carbocycles. The molecule has 1 aromatic rings. The number of piperidine rings is 1. The molecule has 0 amide bonds. The van der Waals surface area contributed by atoms with Gasteiger partial charge in [0.1, 0.15) is 11.6 Å². The zero-order valence-corrected chi connectivity index (χ0v) is 8.93. The van der Waals surface area contributed by atoms with Crippen LogP contribution in [0.2, 0.25) is 0 Å². The number of hydrogen-bond donors (Lipinski definition) is 4. The van der Waals surface area contributed by atoms with Crippen molar-refractivity contribution in [1.82, 2.24) is 9.97 Å². The van der Waals surface area contributed by atoms with Crippen molar-refractivity contribution >= 4 is 17.6 Å². The van der Waals surface area contributed by atoms with Crippen molar-refractivity contribution in [2.24, 2.45) is 5.84 Å². The second-order valence-electron chi connectivity index (χ2n) is 3.86. The Balaban J connectivity index is 2.21. The van der Waals surface area contributed by atoms with E-state index in [0.29, 0.717) is 18.2 Å². The molecule has 16 heavy (non-hydrogen) atoms. The van der Waals surface area contributed by atoms with Crippen LogP contribution in [0.25, 0.3) is 0 Å². The van der Waals surface area contributed by atoms with Crippen LogP contribution in [0.4, 0.5) is 17.6 Å².